The van der Waals surface area contributed by atoms with Crippen LogP contribution in [0.25, 0.3) is 5.70 Å². The van der Waals surface area contributed by atoms with Crippen LogP contribution in [0.1, 0.15) is 25.1 Å². The molecule has 0 aromatic heterocycles. The van der Waals surface area contributed by atoms with Crippen molar-refractivity contribution in [3.8, 4) is 0 Å². The Morgan fingerprint density at radius 1 is 1.22 bits per heavy atom. The Bertz CT molecular complexity index is 1070. The number of halogens is 2. The van der Waals surface area contributed by atoms with Crippen LogP contribution in [0.15, 0.2) is 52.6 Å². The molecule has 1 amide bonds. The average molecular weight is 419 g/mol. The number of benzene rings is 2. The van der Waals surface area contributed by atoms with Crippen LogP contribution < -0.4 is 15.9 Å². The van der Waals surface area contributed by atoms with Gasteiger partial charge in [0.05, 0.1) is 5.36 Å². The number of nitrogens with zero attached hydrogens (tertiary/aromatic N) is 3. The molecule has 0 radical (unpaired) electrons. The highest BCUT2D eigenvalue weighted by Crippen LogP contribution is 2.35. The van der Waals surface area contributed by atoms with Gasteiger partial charge in [0.25, 0.3) is 5.91 Å². The number of carbonyl (C=O) groups is 1. The molecule has 138 valence electrons. The fraction of sp³-hybridized carbons (Fsp3) is 0.211. The summed E-state index contributed by atoms with van der Waals surface area (Å²) in [4.78, 5) is 17.7. The van der Waals surface area contributed by atoms with E-state index in [0.29, 0.717) is 20.9 Å². The molecule has 0 bridgehead atoms. The Balaban J connectivity index is 1.92. The first-order chi connectivity index (χ1) is 13.1. The van der Waals surface area contributed by atoms with Gasteiger partial charge in [0.15, 0.2) is 11.3 Å². The van der Waals surface area contributed by atoms with Crippen molar-refractivity contribution in [1.82, 2.24) is 10.3 Å². The molecule has 1 N–H and O–H groups in total. The van der Waals surface area contributed by atoms with Crippen molar-refractivity contribution in [3.63, 3.8) is 0 Å². The van der Waals surface area contributed by atoms with E-state index < -0.39 is 6.17 Å². The van der Waals surface area contributed by atoms with E-state index >= 15 is 0 Å². The third kappa shape index (κ3) is 3.45. The summed E-state index contributed by atoms with van der Waals surface area (Å²) in [6.07, 6.45) is 0.443. The Morgan fingerprint density at radius 2 is 2.04 bits per heavy atom. The van der Waals surface area contributed by atoms with E-state index in [1.54, 1.807) is 17.1 Å². The molecule has 4 rings (SSSR count). The van der Waals surface area contributed by atoms with E-state index in [1.807, 2.05) is 30.3 Å². The van der Waals surface area contributed by atoms with Gasteiger partial charge in [0, 0.05) is 26.6 Å². The second-order valence-electron chi connectivity index (χ2n) is 6.09. The van der Waals surface area contributed by atoms with E-state index in [4.69, 9.17) is 28.2 Å². The molecule has 2 heterocycles. The van der Waals surface area contributed by atoms with Gasteiger partial charge in [0.2, 0.25) is 0 Å². The zero-order valence-corrected chi connectivity index (χ0v) is 16.8. The third-order valence-corrected chi connectivity index (χ3v) is 5.83. The smallest absolute Gasteiger partial charge is 0.276 e. The van der Waals surface area contributed by atoms with Crippen LogP contribution in [0.3, 0.4) is 0 Å². The number of hydrogen-bond acceptors (Lipinski definition) is 5. The van der Waals surface area contributed by atoms with Crippen molar-refractivity contribution in [2.45, 2.75) is 19.5 Å². The van der Waals surface area contributed by atoms with Gasteiger partial charge in [0.1, 0.15) is 5.70 Å². The topological polar surface area (TPSA) is 57.1 Å². The lowest BCUT2D eigenvalue weighted by atomic mass is 10.1. The van der Waals surface area contributed by atoms with Crippen LogP contribution >= 0.6 is 35.0 Å². The molecule has 27 heavy (non-hydrogen) atoms. The van der Waals surface area contributed by atoms with E-state index in [-0.39, 0.29) is 5.91 Å². The fourth-order valence-corrected chi connectivity index (χ4v) is 4.22. The van der Waals surface area contributed by atoms with Crippen LogP contribution in [0.5, 0.6) is 0 Å². The number of amidine groups is 1. The molecule has 0 saturated carbocycles. The predicted octanol–water partition coefficient (Wildman–Crippen LogP) is 3.28. The second-order valence-corrected chi connectivity index (χ2v) is 8.01. The van der Waals surface area contributed by atoms with Crippen molar-refractivity contribution in [3.05, 3.63) is 68.6 Å². The lowest BCUT2D eigenvalue weighted by Gasteiger charge is -2.34. The molecule has 0 aliphatic carbocycles. The van der Waals surface area contributed by atoms with Gasteiger partial charge in [-0.1, -0.05) is 66.2 Å². The number of thioether (sulfide) groups is 1. The van der Waals surface area contributed by atoms with E-state index in [0.717, 1.165) is 28.3 Å². The Hall–Kier alpha value is -2.02. The standard InChI is InChI=1S/C19H16Cl2N4OS/c1-2-9-27-19-23-18(26)16-13-5-3-4-6-15(13)22-17(25(16)24-19)12-8-7-11(20)10-14(12)21/h3-8,10,17H,2,9H2,1H3,(H,23,24,26)/t17-/m0/s1. The van der Waals surface area contributed by atoms with Crippen molar-refractivity contribution < 1.29 is 4.79 Å². The summed E-state index contributed by atoms with van der Waals surface area (Å²) < 4.78 is 0. The zero-order chi connectivity index (χ0) is 19.0. The van der Waals surface area contributed by atoms with Gasteiger partial charge >= 0.3 is 0 Å². The van der Waals surface area contributed by atoms with E-state index in [1.165, 1.54) is 11.8 Å². The summed E-state index contributed by atoms with van der Waals surface area (Å²) in [6, 6.07) is 12.8. The van der Waals surface area contributed by atoms with Crippen LogP contribution in [0, 0.1) is 0 Å². The zero-order valence-electron chi connectivity index (χ0n) is 14.4. The number of hydrogen-bond donors (Lipinski definition) is 1. The SMILES string of the molecule is CCCSC1=NN2C(=c3ccccc3=N[C@@H]2c2ccc(Cl)cc2Cl)C(=O)N1. The quantitative estimate of drug-likeness (QED) is 0.831. The summed E-state index contributed by atoms with van der Waals surface area (Å²) >= 11 is 14.0. The van der Waals surface area contributed by atoms with Gasteiger partial charge in [-0.05, 0) is 24.6 Å². The number of para-hydroxylation sites is 1. The summed E-state index contributed by atoms with van der Waals surface area (Å²) in [7, 11) is 0. The molecule has 2 aliphatic rings. The van der Waals surface area contributed by atoms with Crippen LogP contribution in [-0.2, 0) is 4.79 Å². The summed E-state index contributed by atoms with van der Waals surface area (Å²) in [6.45, 7) is 2.08. The van der Waals surface area contributed by atoms with Crippen molar-refractivity contribution in [2.75, 3.05) is 5.75 Å². The third-order valence-electron chi connectivity index (χ3n) is 4.20. The molecule has 2 aromatic carbocycles. The maximum Gasteiger partial charge on any atom is 0.276 e. The highest BCUT2D eigenvalue weighted by molar-refractivity contribution is 8.13. The van der Waals surface area contributed by atoms with Gasteiger partial charge < -0.3 is 0 Å². The van der Waals surface area contributed by atoms with Gasteiger partial charge in [-0.15, -0.1) is 5.10 Å². The van der Waals surface area contributed by atoms with Gasteiger partial charge in [-0.2, -0.15) is 0 Å². The first-order valence-electron chi connectivity index (χ1n) is 8.52. The van der Waals surface area contributed by atoms with E-state index in [2.05, 4.69) is 17.3 Å². The Labute approximate surface area is 170 Å². The number of nitrogens with one attached hydrogen (secondary N) is 1. The van der Waals surface area contributed by atoms with Crippen molar-refractivity contribution >= 4 is 51.7 Å². The molecule has 2 aromatic rings. The number of hydrazone groups is 1. The maximum absolute atomic E-state index is 12.9. The fourth-order valence-electron chi connectivity index (χ4n) is 3.00. The molecule has 0 fully saturated rings. The molecule has 0 saturated heterocycles. The number of fused-ring (bicyclic) bond motifs is 2. The normalized spacial score (nSPS) is 18.3. The molecule has 5 nitrogen and oxygen atoms in total. The number of carbonyl (C=O) groups excluding carboxylic acids is 1. The van der Waals surface area contributed by atoms with Crippen LogP contribution in [0.4, 0.5) is 0 Å². The summed E-state index contributed by atoms with van der Waals surface area (Å²) in [5.41, 5.74) is 1.21. The highest BCUT2D eigenvalue weighted by atomic mass is 35.5. The van der Waals surface area contributed by atoms with Crippen molar-refractivity contribution in [2.24, 2.45) is 10.1 Å². The minimum atomic E-state index is -0.539. The number of rotatable bonds is 3. The molecule has 0 unspecified atom stereocenters. The Kier molecular flexibility index (Phi) is 5.12. The highest BCUT2D eigenvalue weighted by Gasteiger charge is 2.35. The van der Waals surface area contributed by atoms with Gasteiger partial charge in [-0.3, -0.25) is 15.1 Å². The molecular formula is C19H16Cl2N4OS. The van der Waals surface area contributed by atoms with Gasteiger partial charge in [-0.25, -0.2) is 5.01 Å². The second kappa shape index (κ2) is 7.54. The van der Waals surface area contributed by atoms with E-state index in [9.17, 15) is 4.79 Å². The van der Waals surface area contributed by atoms with Crippen LogP contribution in [-0.4, -0.2) is 21.8 Å². The summed E-state index contributed by atoms with van der Waals surface area (Å²) in [5.74, 6) is 0.670. The minimum absolute atomic E-state index is 0.193. The minimum Gasteiger partial charge on any atom is -0.298 e. The monoisotopic (exact) mass is 418 g/mol. The first-order valence-corrected chi connectivity index (χ1v) is 10.3. The molecular weight excluding hydrogens is 403 g/mol. The largest absolute Gasteiger partial charge is 0.298 e. The predicted molar refractivity (Wildman–Crippen MR) is 110 cm³/mol. The first kappa shape index (κ1) is 18.3. The average Bonchev–Trinajstić information content (AvgIpc) is 2.65. The van der Waals surface area contributed by atoms with Crippen LogP contribution in [0.2, 0.25) is 10.0 Å². The lowest BCUT2D eigenvalue weighted by Crippen LogP contribution is -2.50. The number of amides is 1. The molecule has 8 heteroatoms. The summed E-state index contributed by atoms with van der Waals surface area (Å²) in [5, 5.41) is 12.3. The molecule has 0 spiro atoms. The maximum atomic E-state index is 12.9. The Morgan fingerprint density at radius 3 is 2.81 bits per heavy atom. The lowest BCUT2D eigenvalue weighted by molar-refractivity contribution is -0.116. The molecule has 2 aliphatic heterocycles. The van der Waals surface area contributed by atoms with Crippen molar-refractivity contribution in [1.29, 1.82) is 0 Å². The molecule has 1 atom stereocenters.